The van der Waals surface area contributed by atoms with Gasteiger partial charge in [-0.1, -0.05) is 17.4 Å². The first-order valence-electron chi connectivity index (χ1n) is 13.2. The van der Waals surface area contributed by atoms with Crippen LogP contribution in [-0.2, 0) is 16.1 Å². The van der Waals surface area contributed by atoms with Gasteiger partial charge in [-0.2, -0.15) is 0 Å². The van der Waals surface area contributed by atoms with Crippen molar-refractivity contribution in [3.8, 4) is 0 Å². The van der Waals surface area contributed by atoms with Crippen molar-refractivity contribution < 1.29 is 9.53 Å². The molecular weight excluding hydrogens is 500 g/mol. The smallest absolute Gasteiger partial charge is 0.246 e. The lowest BCUT2D eigenvalue weighted by Gasteiger charge is -2.33. The van der Waals surface area contributed by atoms with Crippen LogP contribution in [0, 0.1) is 0 Å². The topological polar surface area (TPSA) is 98.8 Å². The zero-order valence-electron chi connectivity index (χ0n) is 22.1. The van der Waals surface area contributed by atoms with Crippen LogP contribution < -0.4 is 10.6 Å². The summed E-state index contributed by atoms with van der Waals surface area (Å²) in [5.74, 6) is 1.62. The molecule has 10 nitrogen and oxygen atoms in total. The van der Waals surface area contributed by atoms with Crippen molar-refractivity contribution in [1.29, 1.82) is 0 Å². The zero-order chi connectivity index (χ0) is 26.3. The third-order valence-corrected chi connectivity index (χ3v) is 7.51. The molecular formula is C27H36N8O2S. The van der Waals surface area contributed by atoms with Crippen LogP contribution in [-0.4, -0.2) is 102 Å². The molecule has 0 saturated carbocycles. The van der Waals surface area contributed by atoms with Gasteiger partial charge in [-0.15, -0.1) is 0 Å². The minimum absolute atomic E-state index is 0.0687. The van der Waals surface area contributed by atoms with Crippen molar-refractivity contribution in [2.24, 2.45) is 0 Å². The van der Waals surface area contributed by atoms with Gasteiger partial charge in [-0.05, 0) is 56.8 Å². The van der Waals surface area contributed by atoms with Crippen LogP contribution in [0.2, 0.25) is 0 Å². The van der Waals surface area contributed by atoms with E-state index in [0.29, 0.717) is 6.54 Å². The number of amides is 1. The normalized spacial score (nSPS) is 18.9. The van der Waals surface area contributed by atoms with E-state index in [9.17, 15) is 4.79 Å². The molecule has 0 bridgehead atoms. The lowest BCUT2D eigenvalue weighted by molar-refractivity contribution is -0.127. The van der Waals surface area contributed by atoms with Crippen LogP contribution in [0.25, 0.3) is 10.3 Å². The van der Waals surface area contributed by atoms with Crippen LogP contribution in [0.1, 0.15) is 18.4 Å². The number of thiazole rings is 1. The van der Waals surface area contributed by atoms with Gasteiger partial charge in [0, 0.05) is 57.6 Å². The van der Waals surface area contributed by atoms with Crippen molar-refractivity contribution in [1.82, 2.24) is 29.7 Å². The van der Waals surface area contributed by atoms with Crippen LogP contribution in [0.4, 0.5) is 16.8 Å². The number of morpholine rings is 1. The number of carbonyl (C=O) groups excluding carboxylic acids is 1. The summed E-state index contributed by atoms with van der Waals surface area (Å²) in [6, 6.07) is 8.21. The number of fused-ring (bicyclic) bond motifs is 1. The summed E-state index contributed by atoms with van der Waals surface area (Å²) >= 11 is 1.51. The highest BCUT2D eigenvalue weighted by atomic mass is 32.1. The number of anilines is 3. The molecule has 1 unspecified atom stereocenters. The number of carbonyl (C=O) groups is 1. The number of hydrogen-bond donors (Lipinski definition) is 2. The molecule has 38 heavy (non-hydrogen) atoms. The first kappa shape index (κ1) is 26.5. The first-order valence-corrected chi connectivity index (χ1v) is 14.0. The minimum atomic E-state index is 0.0687. The van der Waals surface area contributed by atoms with Gasteiger partial charge in [0.2, 0.25) is 5.91 Å². The Hall–Kier alpha value is -3.12. The van der Waals surface area contributed by atoms with E-state index in [4.69, 9.17) is 9.72 Å². The number of rotatable bonds is 9. The molecule has 0 aliphatic carbocycles. The lowest BCUT2D eigenvalue weighted by Crippen LogP contribution is -2.44. The highest BCUT2D eigenvalue weighted by molar-refractivity contribution is 7.21. The van der Waals surface area contributed by atoms with Gasteiger partial charge in [0.05, 0.1) is 13.2 Å². The Bertz CT molecular complexity index is 1220. The Morgan fingerprint density at radius 2 is 2.05 bits per heavy atom. The quantitative estimate of drug-likeness (QED) is 0.400. The fourth-order valence-electron chi connectivity index (χ4n) is 4.74. The van der Waals surface area contributed by atoms with Crippen molar-refractivity contribution in [3.05, 3.63) is 48.2 Å². The Morgan fingerprint density at radius 1 is 1.21 bits per heavy atom. The largest absolute Gasteiger partial charge is 0.379 e. The molecule has 3 aromatic heterocycles. The predicted molar refractivity (Wildman–Crippen MR) is 152 cm³/mol. The molecule has 2 aliphatic rings. The summed E-state index contributed by atoms with van der Waals surface area (Å²) in [6.45, 7) is 6.37. The monoisotopic (exact) mass is 536 g/mol. The standard InChI is InChI=1S/C27H36N8O2S/c1-33(2)10-5-8-25(36)35-11-4-6-21(19-35)29-23-16-20(18-34-12-14-37-15-13-34)17-24(31-23)32-27-30-22-7-3-9-28-26(22)38-27/h3,5,7-9,16-17,21H,4,6,10-15,18-19H2,1-2H3,(H2,29,30,31,32). The summed E-state index contributed by atoms with van der Waals surface area (Å²) in [5.41, 5.74) is 2.04. The van der Waals surface area contributed by atoms with Crippen LogP contribution >= 0.6 is 11.3 Å². The second kappa shape index (κ2) is 12.6. The number of likely N-dealkylation sites (tertiary alicyclic amines) is 1. The molecule has 0 spiro atoms. The summed E-state index contributed by atoms with van der Waals surface area (Å²) in [4.78, 5) is 33.9. The van der Waals surface area contributed by atoms with Crippen molar-refractivity contribution in [2.45, 2.75) is 25.4 Å². The molecule has 0 aromatic carbocycles. The van der Waals surface area contributed by atoms with E-state index >= 15 is 0 Å². The number of hydrogen-bond acceptors (Lipinski definition) is 10. The number of likely N-dealkylation sites (N-methyl/N-ethyl adjacent to an activating group) is 1. The van der Waals surface area contributed by atoms with E-state index in [2.05, 4.69) is 37.6 Å². The molecule has 1 amide bonds. The fraction of sp³-hybridized carbons (Fsp3) is 0.481. The van der Waals surface area contributed by atoms with Crippen molar-refractivity contribution >= 4 is 44.4 Å². The van der Waals surface area contributed by atoms with Gasteiger partial charge < -0.3 is 25.2 Å². The van der Waals surface area contributed by atoms with Gasteiger partial charge in [0.25, 0.3) is 0 Å². The number of piperidine rings is 1. The van der Waals surface area contributed by atoms with E-state index < -0.39 is 0 Å². The Morgan fingerprint density at radius 3 is 2.87 bits per heavy atom. The van der Waals surface area contributed by atoms with E-state index in [0.717, 1.165) is 85.9 Å². The van der Waals surface area contributed by atoms with E-state index in [-0.39, 0.29) is 11.9 Å². The average Bonchev–Trinajstić information content (AvgIpc) is 3.31. The summed E-state index contributed by atoms with van der Waals surface area (Å²) in [5, 5.41) is 7.79. The Labute approximate surface area is 227 Å². The molecule has 11 heteroatoms. The van der Waals surface area contributed by atoms with Gasteiger partial charge in [-0.3, -0.25) is 9.69 Å². The van der Waals surface area contributed by atoms with Crippen LogP contribution in [0.15, 0.2) is 42.6 Å². The summed E-state index contributed by atoms with van der Waals surface area (Å²) in [7, 11) is 3.99. The highest BCUT2D eigenvalue weighted by Crippen LogP contribution is 2.28. The van der Waals surface area contributed by atoms with E-state index in [1.54, 1.807) is 12.3 Å². The molecule has 202 valence electrons. The second-order valence-corrected chi connectivity index (χ2v) is 11.0. The molecule has 5 heterocycles. The number of pyridine rings is 2. The van der Waals surface area contributed by atoms with Crippen molar-refractivity contribution in [2.75, 3.05) is 70.7 Å². The zero-order valence-corrected chi connectivity index (χ0v) is 22.9. The molecule has 0 radical (unpaired) electrons. The van der Waals surface area contributed by atoms with Gasteiger partial charge in [0.1, 0.15) is 22.0 Å². The van der Waals surface area contributed by atoms with E-state index in [1.165, 1.54) is 16.9 Å². The lowest BCUT2D eigenvalue weighted by atomic mass is 10.1. The number of nitrogens with one attached hydrogen (secondary N) is 2. The SMILES string of the molecule is CN(C)CC=CC(=O)N1CCCC(Nc2cc(CN3CCOCC3)cc(Nc3nc4cccnc4s3)n2)C1. The average molecular weight is 537 g/mol. The third-order valence-electron chi connectivity index (χ3n) is 6.61. The third kappa shape index (κ3) is 7.25. The molecule has 1 atom stereocenters. The molecule has 2 aliphatic heterocycles. The maximum Gasteiger partial charge on any atom is 0.246 e. The maximum absolute atomic E-state index is 12.7. The molecule has 2 N–H and O–H groups in total. The highest BCUT2D eigenvalue weighted by Gasteiger charge is 2.23. The molecule has 2 fully saturated rings. The van der Waals surface area contributed by atoms with E-state index in [1.807, 2.05) is 42.1 Å². The van der Waals surface area contributed by atoms with Crippen LogP contribution in [0.3, 0.4) is 0 Å². The molecule has 5 rings (SSSR count). The van der Waals surface area contributed by atoms with Gasteiger partial charge in [-0.25, -0.2) is 15.0 Å². The number of aromatic nitrogens is 3. The predicted octanol–water partition coefficient (Wildman–Crippen LogP) is 3.18. The van der Waals surface area contributed by atoms with Crippen LogP contribution in [0.5, 0.6) is 0 Å². The fourth-order valence-corrected chi connectivity index (χ4v) is 5.56. The number of ether oxygens (including phenoxy) is 1. The Kier molecular flexibility index (Phi) is 8.79. The molecule has 3 aromatic rings. The van der Waals surface area contributed by atoms with Crippen molar-refractivity contribution in [3.63, 3.8) is 0 Å². The van der Waals surface area contributed by atoms with Gasteiger partial charge in [0.15, 0.2) is 5.13 Å². The summed E-state index contributed by atoms with van der Waals surface area (Å²) < 4.78 is 5.53. The Balaban J connectivity index is 1.31. The second-order valence-electron chi connectivity index (χ2n) is 10.0. The maximum atomic E-state index is 12.7. The molecule has 2 saturated heterocycles. The van der Waals surface area contributed by atoms with Gasteiger partial charge >= 0.3 is 0 Å². The number of nitrogens with zero attached hydrogens (tertiary/aromatic N) is 6. The first-order chi connectivity index (χ1) is 18.5. The summed E-state index contributed by atoms with van der Waals surface area (Å²) in [6.07, 6.45) is 7.35. The minimum Gasteiger partial charge on any atom is -0.379 e.